The third-order valence-corrected chi connectivity index (χ3v) is 5.67. The molecule has 2 fully saturated rings. The van der Waals surface area contributed by atoms with Crippen LogP contribution in [-0.4, -0.2) is 18.2 Å². The molecule has 0 radical (unpaired) electrons. The van der Waals surface area contributed by atoms with E-state index in [-0.39, 0.29) is 5.60 Å². The number of rotatable bonds is 4. The Morgan fingerprint density at radius 2 is 1.58 bits per heavy atom. The van der Waals surface area contributed by atoms with Crippen LogP contribution in [0.5, 0.6) is 0 Å². The van der Waals surface area contributed by atoms with E-state index < -0.39 is 0 Å². The summed E-state index contributed by atoms with van der Waals surface area (Å²) >= 11 is 0. The van der Waals surface area contributed by atoms with Crippen molar-refractivity contribution in [2.45, 2.75) is 90.3 Å². The molecule has 2 aliphatic rings. The lowest BCUT2D eigenvalue weighted by Crippen LogP contribution is -2.47. The highest BCUT2D eigenvalue weighted by Gasteiger charge is 2.38. The molecule has 2 nitrogen and oxygen atoms in total. The van der Waals surface area contributed by atoms with E-state index in [4.69, 9.17) is 10.5 Å². The number of nitrogens with two attached hydrogens (primary N) is 1. The predicted molar refractivity (Wildman–Crippen MR) is 81.2 cm³/mol. The quantitative estimate of drug-likeness (QED) is 0.825. The summed E-state index contributed by atoms with van der Waals surface area (Å²) in [7, 11) is 0. The van der Waals surface area contributed by atoms with Gasteiger partial charge in [-0.2, -0.15) is 0 Å². The summed E-state index contributed by atoms with van der Waals surface area (Å²) in [6.07, 6.45) is 11.8. The van der Waals surface area contributed by atoms with Gasteiger partial charge in [-0.3, -0.25) is 0 Å². The van der Waals surface area contributed by atoms with Crippen molar-refractivity contribution < 1.29 is 4.74 Å². The Morgan fingerprint density at radius 1 is 1.00 bits per heavy atom. The standard InChI is InChI=1S/C17H33NO/c1-4-14-5-11-17(13-18,12-6-14)19-15-7-9-16(2,3)10-8-15/h14-15H,4-13,18H2,1-3H3. The van der Waals surface area contributed by atoms with Crippen LogP contribution < -0.4 is 5.73 Å². The van der Waals surface area contributed by atoms with Crippen molar-refractivity contribution in [3.8, 4) is 0 Å². The Balaban J connectivity index is 1.86. The summed E-state index contributed by atoms with van der Waals surface area (Å²) < 4.78 is 6.53. The van der Waals surface area contributed by atoms with Crippen molar-refractivity contribution in [2.75, 3.05) is 6.54 Å². The third-order valence-electron chi connectivity index (χ3n) is 5.67. The van der Waals surface area contributed by atoms with Gasteiger partial charge in [0.25, 0.3) is 0 Å². The smallest absolute Gasteiger partial charge is 0.0808 e. The molecule has 0 aromatic heterocycles. The fraction of sp³-hybridized carbons (Fsp3) is 1.00. The van der Waals surface area contributed by atoms with Crippen LogP contribution in [0.1, 0.15) is 78.6 Å². The molecule has 0 bridgehead atoms. The zero-order valence-electron chi connectivity index (χ0n) is 13.2. The van der Waals surface area contributed by atoms with Crippen LogP contribution in [0.4, 0.5) is 0 Å². The fourth-order valence-electron chi connectivity index (χ4n) is 3.83. The van der Waals surface area contributed by atoms with Gasteiger partial charge >= 0.3 is 0 Å². The molecule has 112 valence electrons. The normalized spacial score (nSPS) is 36.3. The van der Waals surface area contributed by atoms with Crippen LogP contribution in [-0.2, 0) is 4.74 Å². The van der Waals surface area contributed by atoms with Crippen molar-refractivity contribution in [3.05, 3.63) is 0 Å². The van der Waals surface area contributed by atoms with Gasteiger partial charge in [-0.25, -0.2) is 0 Å². The molecule has 2 saturated carbocycles. The summed E-state index contributed by atoms with van der Waals surface area (Å²) in [5.74, 6) is 0.911. The minimum absolute atomic E-state index is 0.0117. The fourth-order valence-corrected chi connectivity index (χ4v) is 3.83. The van der Waals surface area contributed by atoms with Crippen LogP contribution in [0.3, 0.4) is 0 Å². The lowest BCUT2D eigenvalue weighted by atomic mass is 9.75. The van der Waals surface area contributed by atoms with Crippen LogP contribution in [0.15, 0.2) is 0 Å². The summed E-state index contributed by atoms with van der Waals surface area (Å²) in [5, 5.41) is 0. The molecule has 0 aliphatic heterocycles. The Labute approximate surface area is 119 Å². The van der Waals surface area contributed by atoms with Crippen molar-refractivity contribution in [1.29, 1.82) is 0 Å². The highest BCUT2D eigenvalue weighted by molar-refractivity contribution is 4.90. The van der Waals surface area contributed by atoms with Gasteiger partial charge in [0.05, 0.1) is 11.7 Å². The van der Waals surface area contributed by atoms with Crippen molar-refractivity contribution >= 4 is 0 Å². The first kappa shape index (κ1) is 15.3. The van der Waals surface area contributed by atoms with Gasteiger partial charge in [0, 0.05) is 6.54 Å². The van der Waals surface area contributed by atoms with E-state index in [1.54, 1.807) is 0 Å². The van der Waals surface area contributed by atoms with E-state index in [0.29, 0.717) is 18.1 Å². The maximum Gasteiger partial charge on any atom is 0.0808 e. The monoisotopic (exact) mass is 267 g/mol. The van der Waals surface area contributed by atoms with Gasteiger partial charge in [-0.15, -0.1) is 0 Å². The number of hydrogen-bond donors (Lipinski definition) is 1. The molecule has 0 amide bonds. The Kier molecular flexibility index (Phi) is 4.94. The molecular formula is C17H33NO. The summed E-state index contributed by atoms with van der Waals surface area (Å²) in [6, 6.07) is 0. The Morgan fingerprint density at radius 3 is 2.05 bits per heavy atom. The van der Waals surface area contributed by atoms with Gasteiger partial charge in [-0.05, 0) is 62.7 Å². The minimum Gasteiger partial charge on any atom is -0.370 e. The van der Waals surface area contributed by atoms with Crippen LogP contribution in [0.2, 0.25) is 0 Å². The number of hydrogen-bond acceptors (Lipinski definition) is 2. The molecule has 2 heteroatoms. The Hall–Kier alpha value is -0.0800. The van der Waals surface area contributed by atoms with Gasteiger partial charge in [0.2, 0.25) is 0 Å². The summed E-state index contributed by atoms with van der Waals surface area (Å²) in [5.41, 5.74) is 6.61. The highest BCUT2D eigenvalue weighted by atomic mass is 16.5. The second-order valence-electron chi connectivity index (χ2n) is 7.72. The molecule has 0 aromatic carbocycles. The Bertz CT molecular complexity index is 269. The van der Waals surface area contributed by atoms with Crippen molar-refractivity contribution in [2.24, 2.45) is 17.1 Å². The minimum atomic E-state index is 0.0117. The molecule has 0 heterocycles. The zero-order chi connectivity index (χ0) is 13.9. The van der Waals surface area contributed by atoms with E-state index in [9.17, 15) is 0 Å². The molecule has 0 spiro atoms. The lowest BCUT2D eigenvalue weighted by molar-refractivity contribution is -0.130. The SMILES string of the molecule is CCC1CCC(CN)(OC2CCC(C)(C)CC2)CC1. The third kappa shape index (κ3) is 3.95. The lowest BCUT2D eigenvalue weighted by Gasteiger charge is -2.44. The van der Waals surface area contributed by atoms with Gasteiger partial charge < -0.3 is 10.5 Å². The van der Waals surface area contributed by atoms with Crippen molar-refractivity contribution in [1.82, 2.24) is 0 Å². The van der Waals surface area contributed by atoms with E-state index in [1.165, 1.54) is 57.8 Å². The first-order chi connectivity index (χ1) is 8.99. The summed E-state index contributed by atoms with van der Waals surface area (Å²) in [6.45, 7) is 7.79. The molecule has 0 atom stereocenters. The average molecular weight is 267 g/mol. The predicted octanol–water partition coefficient (Wildman–Crippen LogP) is 4.27. The average Bonchev–Trinajstić information content (AvgIpc) is 2.42. The summed E-state index contributed by atoms with van der Waals surface area (Å²) in [4.78, 5) is 0. The molecular weight excluding hydrogens is 234 g/mol. The van der Waals surface area contributed by atoms with Gasteiger partial charge in [0.1, 0.15) is 0 Å². The molecule has 2 aliphatic carbocycles. The largest absolute Gasteiger partial charge is 0.370 e. The van der Waals surface area contributed by atoms with E-state index in [2.05, 4.69) is 20.8 Å². The van der Waals surface area contributed by atoms with Crippen LogP contribution in [0, 0.1) is 11.3 Å². The molecule has 2 rings (SSSR count). The number of ether oxygens (including phenoxy) is 1. The van der Waals surface area contributed by atoms with Crippen molar-refractivity contribution in [3.63, 3.8) is 0 Å². The molecule has 19 heavy (non-hydrogen) atoms. The van der Waals surface area contributed by atoms with E-state index in [0.717, 1.165) is 5.92 Å². The van der Waals surface area contributed by atoms with Crippen LogP contribution >= 0.6 is 0 Å². The first-order valence-electron chi connectivity index (χ1n) is 8.36. The van der Waals surface area contributed by atoms with E-state index in [1.807, 2.05) is 0 Å². The highest BCUT2D eigenvalue weighted by Crippen LogP contribution is 2.41. The molecule has 0 saturated heterocycles. The van der Waals surface area contributed by atoms with Gasteiger partial charge in [0.15, 0.2) is 0 Å². The van der Waals surface area contributed by atoms with E-state index >= 15 is 0 Å². The maximum atomic E-state index is 6.53. The second-order valence-corrected chi connectivity index (χ2v) is 7.72. The molecule has 0 unspecified atom stereocenters. The second kappa shape index (κ2) is 6.13. The zero-order valence-corrected chi connectivity index (χ0v) is 13.2. The molecule has 2 N–H and O–H groups in total. The van der Waals surface area contributed by atoms with Crippen LogP contribution in [0.25, 0.3) is 0 Å². The first-order valence-corrected chi connectivity index (χ1v) is 8.36. The van der Waals surface area contributed by atoms with Gasteiger partial charge in [-0.1, -0.05) is 27.2 Å². The topological polar surface area (TPSA) is 35.2 Å². The molecule has 0 aromatic rings. The maximum absolute atomic E-state index is 6.53.